The molecule has 2 aromatic heterocycles. The number of carbonyl (C=O) groups excluding carboxylic acids is 1. The second-order valence-corrected chi connectivity index (χ2v) is 7.58. The van der Waals surface area contributed by atoms with Gasteiger partial charge in [-0.05, 0) is 41.9 Å². The number of nitrogens with one attached hydrogen (secondary N) is 1. The third-order valence-electron chi connectivity index (χ3n) is 3.09. The summed E-state index contributed by atoms with van der Waals surface area (Å²) in [5.41, 5.74) is 2.92. The maximum atomic E-state index is 12.6. The number of aromatic nitrogens is 2. The number of nitrogens with zero attached hydrogens (tertiary/aromatic N) is 2. The van der Waals surface area contributed by atoms with Crippen LogP contribution in [-0.2, 0) is 0 Å². The molecule has 3 rings (SSSR count). The summed E-state index contributed by atoms with van der Waals surface area (Å²) in [6.07, 6.45) is 0. The molecule has 8 heteroatoms. The molecule has 0 unspecified atom stereocenters. The Labute approximate surface area is 149 Å². The van der Waals surface area contributed by atoms with Crippen molar-refractivity contribution in [3.63, 3.8) is 0 Å². The van der Waals surface area contributed by atoms with Crippen molar-refractivity contribution in [1.29, 1.82) is 0 Å². The normalized spacial score (nSPS) is 10.7. The molecule has 0 spiro atoms. The molecule has 0 bridgehead atoms. The molecule has 1 aromatic carbocycles. The fourth-order valence-corrected chi connectivity index (χ4v) is 4.12. The monoisotopic (exact) mass is 409 g/mol. The maximum Gasteiger partial charge on any atom is 0.260 e. The molecule has 0 atom stereocenters. The number of carbonyl (C=O) groups is 1. The molecule has 5 nitrogen and oxygen atoms in total. The predicted octanol–water partition coefficient (Wildman–Crippen LogP) is 4.91. The molecule has 3 aromatic rings. The van der Waals surface area contributed by atoms with Crippen molar-refractivity contribution in [2.45, 2.75) is 23.1 Å². The van der Waals surface area contributed by atoms with Gasteiger partial charge in [-0.3, -0.25) is 4.79 Å². The van der Waals surface area contributed by atoms with E-state index in [2.05, 4.69) is 31.4 Å². The lowest BCUT2D eigenvalue weighted by Gasteiger charge is -2.09. The van der Waals surface area contributed by atoms with Gasteiger partial charge in [0, 0.05) is 4.90 Å². The Morgan fingerprint density at radius 3 is 2.74 bits per heavy atom. The van der Waals surface area contributed by atoms with Crippen LogP contribution in [0.4, 0.5) is 5.69 Å². The minimum Gasteiger partial charge on any atom is -0.465 e. The largest absolute Gasteiger partial charge is 0.465 e. The van der Waals surface area contributed by atoms with Gasteiger partial charge in [-0.15, -0.1) is 10.2 Å². The van der Waals surface area contributed by atoms with Crippen molar-refractivity contribution in [2.24, 2.45) is 0 Å². The smallest absolute Gasteiger partial charge is 0.260 e. The van der Waals surface area contributed by atoms with E-state index in [1.807, 2.05) is 31.2 Å². The van der Waals surface area contributed by atoms with Crippen LogP contribution in [0.3, 0.4) is 0 Å². The number of hydrogen-bond donors (Lipinski definition) is 1. The average molecular weight is 410 g/mol. The van der Waals surface area contributed by atoms with Crippen molar-refractivity contribution >= 4 is 50.6 Å². The summed E-state index contributed by atoms with van der Waals surface area (Å²) in [6, 6.07) is 7.59. The summed E-state index contributed by atoms with van der Waals surface area (Å²) in [6.45, 7) is 3.59. The minimum atomic E-state index is -0.212. The molecular formula is C15H12BrN3O2S2. The number of hydrogen-bond acceptors (Lipinski definition) is 6. The summed E-state index contributed by atoms with van der Waals surface area (Å²) < 4.78 is 6.99. The Balaban J connectivity index is 1.87. The summed E-state index contributed by atoms with van der Waals surface area (Å²) >= 11 is 6.33. The second-order valence-electron chi connectivity index (χ2n) is 4.66. The Bertz CT molecular complexity index is 847. The van der Waals surface area contributed by atoms with Crippen LogP contribution >= 0.6 is 39.0 Å². The Morgan fingerprint density at radius 1 is 1.30 bits per heavy atom. The summed E-state index contributed by atoms with van der Waals surface area (Å²) in [7, 11) is 0. The van der Waals surface area contributed by atoms with Crippen LogP contribution in [-0.4, -0.2) is 16.1 Å². The molecule has 0 radical (unpaired) electrons. The fraction of sp³-hybridized carbons (Fsp3) is 0.133. The molecule has 1 amide bonds. The van der Waals surface area contributed by atoms with Gasteiger partial charge in [0.15, 0.2) is 4.34 Å². The van der Waals surface area contributed by atoms with Gasteiger partial charge in [0.2, 0.25) is 0 Å². The van der Waals surface area contributed by atoms with Crippen LogP contribution in [0.25, 0.3) is 0 Å². The van der Waals surface area contributed by atoms with E-state index >= 15 is 0 Å². The fourth-order valence-electron chi connectivity index (χ4n) is 2.06. The topological polar surface area (TPSA) is 68.0 Å². The summed E-state index contributed by atoms with van der Waals surface area (Å²) in [5, 5.41) is 10.8. The minimum absolute atomic E-state index is 0.212. The maximum absolute atomic E-state index is 12.6. The highest BCUT2D eigenvalue weighted by molar-refractivity contribution is 9.10. The molecule has 23 heavy (non-hydrogen) atoms. The molecule has 2 heterocycles. The highest BCUT2D eigenvalue weighted by atomic mass is 79.9. The highest BCUT2D eigenvalue weighted by Crippen LogP contribution is 2.35. The van der Waals surface area contributed by atoms with E-state index < -0.39 is 0 Å². The molecule has 118 valence electrons. The van der Waals surface area contributed by atoms with Crippen molar-refractivity contribution in [1.82, 2.24) is 10.2 Å². The first-order chi connectivity index (χ1) is 11.1. The zero-order valence-corrected chi connectivity index (χ0v) is 15.5. The lowest BCUT2D eigenvalue weighted by molar-refractivity contribution is 0.102. The molecule has 0 saturated carbocycles. The zero-order valence-electron chi connectivity index (χ0n) is 12.3. The van der Waals surface area contributed by atoms with Crippen LogP contribution in [0, 0.1) is 13.8 Å². The predicted molar refractivity (Wildman–Crippen MR) is 94.3 cm³/mol. The van der Waals surface area contributed by atoms with E-state index in [1.165, 1.54) is 23.1 Å². The van der Waals surface area contributed by atoms with Crippen molar-refractivity contribution in [2.75, 3.05) is 5.32 Å². The van der Waals surface area contributed by atoms with Crippen molar-refractivity contribution in [3.8, 4) is 0 Å². The summed E-state index contributed by atoms with van der Waals surface area (Å²) in [5.74, 6) is 1.06. The van der Waals surface area contributed by atoms with Crippen LogP contribution in [0.5, 0.6) is 0 Å². The number of halogens is 1. The van der Waals surface area contributed by atoms with Crippen molar-refractivity contribution in [3.05, 3.63) is 51.3 Å². The first-order valence-corrected chi connectivity index (χ1v) is 9.15. The summed E-state index contributed by atoms with van der Waals surface area (Å²) in [4.78, 5) is 13.5. The average Bonchev–Trinajstić information content (AvgIpc) is 3.10. The molecule has 0 fully saturated rings. The van der Waals surface area contributed by atoms with E-state index in [1.54, 1.807) is 12.4 Å². The van der Waals surface area contributed by atoms with Gasteiger partial charge in [-0.25, -0.2) is 0 Å². The van der Waals surface area contributed by atoms with Crippen molar-refractivity contribution < 1.29 is 9.21 Å². The highest BCUT2D eigenvalue weighted by Gasteiger charge is 2.20. The van der Waals surface area contributed by atoms with Gasteiger partial charge in [0.05, 0.1) is 15.7 Å². The first kappa shape index (κ1) is 16.2. The molecule has 0 aliphatic carbocycles. The zero-order chi connectivity index (χ0) is 16.4. The van der Waals surface area contributed by atoms with Gasteiger partial charge in [0.1, 0.15) is 17.0 Å². The van der Waals surface area contributed by atoms with Gasteiger partial charge in [-0.2, -0.15) is 0 Å². The van der Waals surface area contributed by atoms with Gasteiger partial charge in [0.25, 0.3) is 5.91 Å². The van der Waals surface area contributed by atoms with E-state index in [4.69, 9.17) is 4.42 Å². The Kier molecular flexibility index (Phi) is 4.84. The third-order valence-corrected chi connectivity index (χ3v) is 5.90. The number of para-hydroxylation sites is 1. The lowest BCUT2D eigenvalue weighted by atomic mass is 10.2. The van der Waals surface area contributed by atoms with Gasteiger partial charge >= 0.3 is 0 Å². The molecular weight excluding hydrogens is 398 g/mol. The molecule has 0 aliphatic rings. The number of benzene rings is 1. The van der Waals surface area contributed by atoms with E-state index in [0.717, 1.165) is 14.9 Å². The van der Waals surface area contributed by atoms with E-state index in [-0.39, 0.29) is 5.91 Å². The molecule has 1 N–H and O–H groups in total. The Morgan fingerprint density at radius 2 is 2.09 bits per heavy atom. The van der Waals surface area contributed by atoms with E-state index in [9.17, 15) is 4.79 Å². The second kappa shape index (κ2) is 6.86. The van der Waals surface area contributed by atoms with Gasteiger partial charge in [-0.1, -0.05) is 35.2 Å². The van der Waals surface area contributed by atoms with Gasteiger partial charge < -0.3 is 9.73 Å². The number of furan rings is 1. The number of anilines is 1. The molecule has 0 saturated heterocycles. The SMILES string of the molecule is Cc1oc(C)c(C(=O)Nc2ccccc2Sc2nncs2)c1Br. The first-order valence-electron chi connectivity index (χ1n) is 6.66. The number of aryl methyl sites for hydroxylation is 2. The lowest BCUT2D eigenvalue weighted by Crippen LogP contribution is -2.13. The van der Waals surface area contributed by atoms with Crippen LogP contribution < -0.4 is 5.32 Å². The van der Waals surface area contributed by atoms with E-state index in [0.29, 0.717) is 21.6 Å². The third kappa shape index (κ3) is 3.49. The van der Waals surface area contributed by atoms with Crippen LogP contribution in [0.1, 0.15) is 21.9 Å². The Hall–Kier alpha value is -1.64. The number of rotatable bonds is 4. The molecule has 0 aliphatic heterocycles. The van der Waals surface area contributed by atoms with Crippen LogP contribution in [0.15, 0.2) is 47.9 Å². The quantitative estimate of drug-likeness (QED) is 0.662. The van der Waals surface area contributed by atoms with Crippen LogP contribution in [0.2, 0.25) is 0 Å². The standard InChI is InChI=1S/C15H12BrN3O2S2/c1-8-12(13(16)9(2)21-8)14(20)18-10-5-3-4-6-11(10)23-15-19-17-7-22-15/h3-7H,1-2H3,(H,18,20). The number of amides is 1.